The number of nitrogens with one attached hydrogen (secondary N) is 1. The number of rotatable bonds is 1. The van der Waals surface area contributed by atoms with E-state index in [1.165, 1.54) is 5.57 Å². The molecule has 0 saturated heterocycles. The first-order valence-corrected chi connectivity index (χ1v) is 4.47. The van der Waals surface area contributed by atoms with E-state index >= 15 is 0 Å². The molecule has 1 aliphatic rings. The second kappa shape index (κ2) is 3.23. The molecule has 2 rings (SSSR count). The zero-order valence-electron chi connectivity index (χ0n) is 7.67. The minimum absolute atomic E-state index is 0.380. The van der Waals surface area contributed by atoms with Gasteiger partial charge in [0.25, 0.3) is 0 Å². The van der Waals surface area contributed by atoms with Crippen molar-refractivity contribution in [1.29, 1.82) is 0 Å². The van der Waals surface area contributed by atoms with Crippen LogP contribution in [0.5, 0.6) is 5.75 Å². The van der Waals surface area contributed by atoms with E-state index in [2.05, 4.69) is 11.4 Å². The van der Waals surface area contributed by atoms with Crippen molar-refractivity contribution in [3.05, 3.63) is 35.4 Å². The third kappa shape index (κ3) is 1.58. The van der Waals surface area contributed by atoms with Gasteiger partial charge in [-0.15, -0.1) is 0 Å². The summed E-state index contributed by atoms with van der Waals surface area (Å²) in [6, 6.07) is 5.83. The van der Waals surface area contributed by atoms with E-state index in [-0.39, 0.29) is 0 Å². The van der Waals surface area contributed by atoms with Crippen LogP contribution in [0.1, 0.15) is 11.1 Å². The second-order valence-electron chi connectivity index (χ2n) is 3.36. The molecule has 13 heavy (non-hydrogen) atoms. The molecule has 1 heterocycles. The van der Waals surface area contributed by atoms with Gasteiger partial charge in [-0.3, -0.25) is 0 Å². The average molecular weight is 175 g/mol. The molecule has 0 atom stereocenters. The van der Waals surface area contributed by atoms with Crippen molar-refractivity contribution in [3.63, 3.8) is 0 Å². The van der Waals surface area contributed by atoms with Gasteiger partial charge in [0.1, 0.15) is 5.75 Å². The maximum Gasteiger partial charge on any atom is 0.119 e. The summed E-state index contributed by atoms with van der Waals surface area (Å²) >= 11 is 0. The van der Waals surface area contributed by atoms with E-state index in [0.717, 1.165) is 24.2 Å². The predicted molar refractivity (Wildman–Crippen MR) is 53.7 cm³/mol. The van der Waals surface area contributed by atoms with Crippen LogP contribution in [-0.2, 0) is 0 Å². The Morgan fingerprint density at radius 3 is 2.85 bits per heavy atom. The summed E-state index contributed by atoms with van der Waals surface area (Å²) in [5.74, 6) is 0.380. The Morgan fingerprint density at radius 2 is 2.23 bits per heavy atom. The fraction of sp³-hybridized carbons (Fsp3) is 0.273. The van der Waals surface area contributed by atoms with Crippen molar-refractivity contribution in [2.75, 3.05) is 13.1 Å². The number of aryl methyl sites for hydroxylation is 1. The quantitative estimate of drug-likeness (QED) is 0.680. The second-order valence-corrected chi connectivity index (χ2v) is 3.36. The van der Waals surface area contributed by atoms with Gasteiger partial charge in [-0.05, 0) is 29.7 Å². The Hall–Kier alpha value is -1.28. The molecule has 1 aromatic carbocycles. The Balaban J connectivity index is 2.36. The third-order valence-corrected chi connectivity index (χ3v) is 2.39. The third-order valence-electron chi connectivity index (χ3n) is 2.39. The van der Waals surface area contributed by atoms with Crippen LogP contribution in [0.15, 0.2) is 24.3 Å². The van der Waals surface area contributed by atoms with Crippen LogP contribution >= 0.6 is 0 Å². The number of hydrogen-bond acceptors (Lipinski definition) is 2. The lowest BCUT2D eigenvalue weighted by molar-refractivity contribution is 0.471. The molecule has 0 spiro atoms. The molecular formula is C11H13NO. The molecule has 0 aliphatic carbocycles. The van der Waals surface area contributed by atoms with Crippen molar-refractivity contribution in [3.8, 4) is 5.75 Å². The van der Waals surface area contributed by atoms with Gasteiger partial charge in [-0.2, -0.15) is 0 Å². The summed E-state index contributed by atoms with van der Waals surface area (Å²) < 4.78 is 0. The molecule has 1 aromatic rings. The Morgan fingerprint density at radius 1 is 1.38 bits per heavy atom. The average Bonchev–Trinajstić information content (AvgIpc) is 2.62. The topological polar surface area (TPSA) is 32.3 Å². The number of benzene rings is 1. The maximum absolute atomic E-state index is 9.51. The Labute approximate surface area is 77.9 Å². The zero-order chi connectivity index (χ0) is 9.26. The fourth-order valence-corrected chi connectivity index (χ4v) is 1.50. The molecule has 2 nitrogen and oxygen atoms in total. The molecule has 0 aromatic heterocycles. The first-order chi connectivity index (χ1) is 6.27. The molecule has 0 fully saturated rings. The van der Waals surface area contributed by atoms with Gasteiger partial charge in [0.05, 0.1) is 0 Å². The normalized spacial score (nSPS) is 15.9. The van der Waals surface area contributed by atoms with Crippen LogP contribution in [0.3, 0.4) is 0 Å². The van der Waals surface area contributed by atoms with Crippen LogP contribution in [-0.4, -0.2) is 18.2 Å². The van der Waals surface area contributed by atoms with Crippen molar-refractivity contribution in [1.82, 2.24) is 5.32 Å². The van der Waals surface area contributed by atoms with Gasteiger partial charge in [0.15, 0.2) is 0 Å². The smallest absolute Gasteiger partial charge is 0.119 e. The lowest BCUT2D eigenvalue weighted by atomic mass is 10.0. The standard InChI is InChI=1S/C11H13NO/c1-8-2-3-9(6-11(8)13)10-4-5-12-7-10/h2-4,6,12-13H,5,7H2,1H3. The van der Waals surface area contributed by atoms with E-state index in [1.807, 2.05) is 25.1 Å². The number of phenolic OH excluding ortho intramolecular Hbond substituents is 1. The van der Waals surface area contributed by atoms with E-state index in [4.69, 9.17) is 0 Å². The van der Waals surface area contributed by atoms with Crippen LogP contribution in [0, 0.1) is 6.92 Å². The van der Waals surface area contributed by atoms with Gasteiger partial charge in [0.2, 0.25) is 0 Å². The van der Waals surface area contributed by atoms with Crippen molar-refractivity contribution >= 4 is 5.57 Å². The maximum atomic E-state index is 9.51. The Kier molecular flexibility index (Phi) is 2.07. The van der Waals surface area contributed by atoms with E-state index in [1.54, 1.807) is 0 Å². The predicted octanol–water partition coefficient (Wildman–Crippen LogP) is 1.69. The first kappa shape index (κ1) is 8.32. The lowest BCUT2D eigenvalue weighted by Crippen LogP contribution is -2.07. The van der Waals surface area contributed by atoms with Crippen LogP contribution in [0.4, 0.5) is 0 Å². The largest absolute Gasteiger partial charge is 0.508 e. The molecule has 0 radical (unpaired) electrons. The van der Waals surface area contributed by atoms with Crippen molar-refractivity contribution < 1.29 is 5.11 Å². The number of hydrogen-bond donors (Lipinski definition) is 2. The monoisotopic (exact) mass is 175 g/mol. The summed E-state index contributed by atoms with van der Waals surface area (Å²) in [4.78, 5) is 0. The summed E-state index contributed by atoms with van der Waals surface area (Å²) in [7, 11) is 0. The zero-order valence-corrected chi connectivity index (χ0v) is 7.67. The van der Waals surface area contributed by atoms with Gasteiger partial charge >= 0.3 is 0 Å². The summed E-state index contributed by atoms with van der Waals surface area (Å²) in [5, 5.41) is 12.7. The molecule has 68 valence electrons. The molecule has 0 amide bonds. The first-order valence-electron chi connectivity index (χ1n) is 4.47. The number of phenols is 1. The highest BCUT2D eigenvalue weighted by Crippen LogP contribution is 2.23. The highest BCUT2D eigenvalue weighted by molar-refractivity contribution is 5.70. The van der Waals surface area contributed by atoms with Gasteiger partial charge < -0.3 is 10.4 Å². The fourth-order valence-electron chi connectivity index (χ4n) is 1.50. The molecule has 2 heteroatoms. The minimum Gasteiger partial charge on any atom is -0.508 e. The molecule has 1 aliphatic heterocycles. The SMILES string of the molecule is Cc1ccc(C2=CCNC2)cc1O. The van der Waals surface area contributed by atoms with Crippen LogP contribution in [0.25, 0.3) is 5.57 Å². The van der Waals surface area contributed by atoms with Gasteiger partial charge in [-0.25, -0.2) is 0 Å². The van der Waals surface area contributed by atoms with Crippen LogP contribution < -0.4 is 5.32 Å². The van der Waals surface area contributed by atoms with Gasteiger partial charge in [-0.1, -0.05) is 18.2 Å². The minimum atomic E-state index is 0.380. The molecular weight excluding hydrogens is 162 g/mol. The van der Waals surface area contributed by atoms with E-state index in [9.17, 15) is 5.11 Å². The highest BCUT2D eigenvalue weighted by atomic mass is 16.3. The van der Waals surface area contributed by atoms with Crippen molar-refractivity contribution in [2.45, 2.75) is 6.92 Å². The molecule has 2 N–H and O–H groups in total. The molecule has 0 bridgehead atoms. The molecule has 0 unspecified atom stereocenters. The summed E-state index contributed by atoms with van der Waals surface area (Å²) in [6.45, 7) is 3.74. The van der Waals surface area contributed by atoms with E-state index in [0.29, 0.717) is 5.75 Å². The number of aromatic hydroxyl groups is 1. The van der Waals surface area contributed by atoms with Crippen LogP contribution in [0.2, 0.25) is 0 Å². The van der Waals surface area contributed by atoms with Gasteiger partial charge in [0, 0.05) is 13.1 Å². The van der Waals surface area contributed by atoms with E-state index < -0.39 is 0 Å². The summed E-state index contributed by atoms with van der Waals surface area (Å²) in [6.07, 6.45) is 2.16. The highest BCUT2D eigenvalue weighted by Gasteiger charge is 2.07. The Bertz CT molecular complexity index is 355. The lowest BCUT2D eigenvalue weighted by Gasteiger charge is -2.04. The van der Waals surface area contributed by atoms with Crippen molar-refractivity contribution in [2.24, 2.45) is 0 Å². The summed E-state index contributed by atoms with van der Waals surface area (Å²) in [5.41, 5.74) is 3.32. The molecule has 0 saturated carbocycles.